The number of hydrogen-bond donors (Lipinski definition) is 1. The predicted molar refractivity (Wildman–Crippen MR) is 72.8 cm³/mol. The van der Waals surface area contributed by atoms with Crippen molar-refractivity contribution in [3.05, 3.63) is 22.0 Å². The van der Waals surface area contributed by atoms with Gasteiger partial charge >= 0.3 is 0 Å². The number of methoxy groups -OCH3 is 2. The maximum absolute atomic E-state index is 11.0. The SMILES string of the molecule is COc1cc2sc(CC(N)=O)c(Cl)c2cc1OC. The third-order valence-corrected chi connectivity index (χ3v) is 4.23. The summed E-state index contributed by atoms with van der Waals surface area (Å²) in [4.78, 5) is 11.7. The summed E-state index contributed by atoms with van der Waals surface area (Å²) in [6.07, 6.45) is 0.142. The molecule has 0 fully saturated rings. The number of halogens is 1. The fourth-order valence-electron chi connectivity index (χ4n) is 1.72. The molecule has 0 unspecified atom stereocenters. The molecule has 1 heterocycles. The number of fused-ring (bicyclic) bond motifs is 1. The summed E-state index contributed by atoms with van der Waals surface area (Å²) in [5.74, 6) is 0.839. The van der Waals surface area contributed by atoms with E-state index in [4.69, 9.17) is 26.8 Å². The van der Waals surface area contributed by atoms with E-state index in [1.807, 2.05) is 6.07 Å². The zero-order valence-corrected chi connectivity index (χ0v) is 11.5. The second-order valence-corrected chi connectivity index (χ2v) is 5.20. The van der Waals surface area contributed by atoms with Crippen LogP contribution in [0.3, 0.4) is 0 Å². The molecule has 0 aliphatic rings. The molecule has 0 aliphatic carbocycles. The summed E-state index contributed by atoms with van der Waals surface area (Å²) in [5.41, 5.74) is 5.19. The molecule has 0 saturated carbocycles. The minimum Gasteiger partial charge on any atom is -0.493 e. The van der Waals surface area contributed by atoms with Crippen LogP contribution in [0.5, 0.6) is 11.5 Å². The van der Waals surface area contributed by atoms with E-state index in [0.29, 0.717) is 16.5 Å². The molecular weight excluding hydrogens is 274 g/mol. The first-order valence-corrected chi connectivity index (χ1v) is 6.37. The minimum absolute atomic E-state index is 0.142. The third-order valence-electron chi connectivity index (χ3n) is 2.53. The first kappa shape index (κ1) is 13.0. The molecular formula is C12H12ClNO3S. The van der Waals surface area contributed by atoms with Gasteiger partial charge in [-0.05, 0) is 6.07 Å². The van der Waals surface area contributed by atoms with Crippen molar-refractivity contribution in [3.8, 4) is 11.5 Å². The average Bonchev–Trinajstić information content (AvgIpc) is 2.63. The maximum Gasteiger partial charge on any atom is 0.222 e. The molecule has 1 amide bonds. The highest BCUT2D eigenvalue weighted by molar-refractivity contribution is 7.19. The summed E-state index contributed by atoms with van der Waals surface area (Å²) in [6.45, 7) is 0. The highest BCUT2D eigenvalue weighted by Crippen LogP contribution is 2.41. The monoisotopic (exact) mass is 285 g/mol. The number of carbonyl (C=O) groups excluding carboxylic acids is 1. The molecule has 0 saturated heterocycles. The molecule has 0 bridgehead atoms. The van der Waals surface area contributed by atoms with Crippen LogP contribution in [0.15, 0.2) is 12.1 Å². The minimum atomic E-state index is -0.401. The van der Waals surface area contributed by atoms with Gasteiger partial charge in [0.1, 0.15) is 0 Å². The Hall–Kier alpha value is -1.46. The van der Waals surface area contributed by atoms with Crippen LogP contribution < -0.4 is 15.2 Å². The van der Waals surface area contributed by atoms with E-state index in [1.165, 1.54) is 11.3 Å². The van der Waals surface area contributed by atoms with Gasteiger partial charge in [0.15, 0.2) is 11.5 Å². The number of benzene rings is 1. The van der Waals surface area contributed by atoms with Gasteiger partial charge in [0.2, 0.25) is 5.91 Å². The van der Waals surface area contributed by atoms with Crippen molar-refractivity contribution in [2.75, 3.05) is 14.2 Å². The van der Waals surface area contributed by atoms with Gasteiger partial charge in [-0.2, -0.15) is 0 Å². The number of thiophene rings is 1. The normalized spacial score (nSPS) is 10.6. The van der Waals surface area contributed by atoms with E-state index in [-0.39, 0.29) is 6.42 Å². The van der Waals surface area contributed by atoms with Gasteiger partial charge in [-0.25, -0.2) is 0 Å². The van der Waals surface area contributed by atoms with Gasteiger partial charge in [-0.3, -0.25) is 4.79 Å². The molecule has 1 aromatic carbocycles. The number of rotatable bonds is 4. The topological polar surface area (TPSA) is 61.5 Å². The Kier molecular flexibility index (Phi) is 3.63. The predicted octanol–water partition coefficient (Wildman–Crippen LogP) is 2.60. The van der Waals surface area contributed by atoms with E-state index < -0.39 is 5.91 Å². The molecule has 2 N–H and O–H groups in total. The lowest BCUT2D eigenvalue weighted by atomic mass is 10.2. The van der Waals surface area contributed by atoms with Crippen molar-refractivity contribution in [2.24, 2.45) is 5.73 Å². The number of nitrogens with two attached hydrogens (primary N) is 1. The molecule has 1 aromatic heterocycles. The zero-order chi connectivity index (χ0) is 13.3. The lowest BCUT2D eigenvalue weighted by Gasteiger charge is -2.06. The first-order chi connectivity index (χ1) is 8.56. The van der Waals surface area contributed by atoms with E-state index in [1.54, 1.807) is 20.3 Å². The van der Waals surface area contributed by atoms with Crippen molar-refractivity contribution in [3.63, 3.8) is 0 Å². The van der Waals surface area contributed by atoms with Crippen LogP contribution in [0.2, 0.25) is 5.02 Å². The third kappa shape index (κ3) is 2.23. The van der Waals surface area contributed by atoms with E-state index in [9.17, 15) is 4.79 Å². The molecule has 96 valence electrons. The lowest BCUT2D eigenvalue weighted by molar-refractivity contribution is -0.117. The number of hydrogen-bond acceptors (Lipinski definition) is 4. The fourth-order valence-corrected chi connectivity index (χ4v) is 3.23. The molecule has 18 heavy (non-hydrogen) atoms. The van der Waals surface area contributed by atoms with Gasteiger partial charge in [-0.15, -0.1) is 11.3 Å². The van der Waals surface area contributed by atoms with Crippen LogP contribution in [0, 0.1) is 0 Å². The summed E-state index contributed by atoms with van der Waals surface area (Å²) >= 11 is 7.66. The second kappa shape index (κ2) is 5.04. The first-order valence-electron chi connectivity index (χ1n) is 5.18. The standard InChI is InChI=1S/C12H12ClNO3S/c1-16-7-3-6-9(4-8(7)17-2)18-10(12(6)13)5-11(14)15/h3-4H,5H2,1-2H3,(H2,14,15). The highest BCUT2D eigenvalue weighted by atomic mass is 35.5. The van der Waals surface area contributed by atoms with Crippen LogP contribution in [-0.4, -0.2) is 20.1 Å². The summed E-state index contributed by atoms with van der Waals surface area (Å²) in [6, 6.07) is 3.65. The quantitative estimate of drug-likeness (QED) is 0.939. The molecule has 6 heteroatoms. The van der Waals surface area contributed by atoms with Crippen LogP contribution in [0.1, 0.15) is 4.88 Å². The molecule has 4 nitrogen and oxygen atoms in total. The van der Waals surface area contributed by atoms with Gasteiger partial charge in [0, 0.05) is 21.0 Å². The molecule has 0 spiro atoms. The lowest BCUT2D eigenvalue weighted by Crippen LogP contribution is -2.12. The van der Waals surface area contributed by atoms with Crippen molar-refractivity contribution >= 4 is 38.9 Å². The number of ether oxygens (including phenoxy) is 2. The summed E-state index contributed by atoms with van der Waals surface area (Å²) < 4.78 is 11.4. The van der Waals surface area contributed by atoms with Crippen molar-refractivity contribution in [2.45, 2.75) is 6.42 Å². The van der Waals surface area contributed by atoms with Crippen LogP contribution >= 0.6 is 22.9 Å². The molecule has 2 aromatic rings. The Bertz CT molecular complexity index is 609. The maximum atomic E-state index is 11.0. The molecule has 0 radical (unpaired) electrons. The largest absolute Gasteiger partial charge is 0.493 e. The van der Waals surface area contributed by atoms with Gasteiger partial charge in [0.25, 0.3) is 0 Å². The Morgan fingerprint density at radius 2 is 1.94 bits per heavy atom. The highest BCUT2D eigenvalue weighted by Gasteiger charge is 2.15. The van der Waals surface area contributed by atoms with Gasteiger partial charge in [-0.1, -0.05) is 11.6 Å². The Morgan fingerprint density at radius 1 is 1.33 bits per heavy atom. The molecule has 2 rings (SSSR count). The van der Waals surface area contributed by atoms with E-state index in [2.05, 4.69) is 0 Å². The van der Waals surface area contributed by atoms with E-state index in [0.717, 1.165) is 15.0 Å². The Balaban J connectivity index is 2.61. The van der Waals surface area contributed by atoms with E-state index >= 15 is 0 Å². The van der Waals surface area contributed by atoms with Crippen LogP contribution in [0.25, 0.3) is 10.1 Å². The number of carbonyl (C=O) groups is 1. The fraction of sp³-hybridized carbons (Fsp3) is 0.250. The second-order valence-electron chi connectivity index (χ2n) is 3.69. The van der Waals surface area contributed by atoms with Crippen LogP contribution in [-0.2, 0) is 11.2 Å². The van der Waals surface area contributed by atoms with Crippen molar-refractivity contribution < 1.29 is 14.3 Å². The van der Waals surface area contributed by atoms with Gasteiger partial charge < -0.3 is 15.2 Å². The summed E-state index contributed by atoms with van der Waals surface area (Å²) in [5, 5.41) is 1.39. The van der Waals surface area contributed by atoms with Gasteiger partial charge in [0.05, 0.1) is 25.7 Å². The molecule has 0 aliphatic heterocycles. The van der Waals surface area contributed by atoms with Crippen molar-refractivity contribution in [1.29, 1.82) is 0 Å². The molecule has 0 atom stereocenters. The zero-order valence-electron chi connectivity index (χ0n) is 9.95. The Labute approximate surface area is 113 Å². The van der Waals surface area contributed by atoms with Crippen molar-refractivity contribution in [1.82, 2.24) is 0 Å². The smallest absolute Gasteiger partial charge is 0.222 e. The average molecular weight is 286 g/mol. The van der Waals surface area contributed by atoms with Crippen LogP contribution in [0.4, 0.5) is 0 Å². The number of primary amides is 1. The Morgan fingerprint density at radius 3 is 2.50 bits per heavy atom. The number of amides is 1. The summed E-state index contributed by atoms with van der Waals surface area (Å²) in [7, 11) is 3.14.